The van der Waals surface area contributed by atoms with Gasteiger partial charge in [-0.3, -0.25) is 9.78 Å². The minimum absolute atomic E-state index is 0.230. The summed E-state index contributed by atoms with van der Waals surface area (Å²) < 4.78 is 25.8. The maximum atomic E-state index is 12.9. The number of aromatic nitrogens is 1. The fourth-order valence-corrected chi connectivity index (χ4v) is 2.20. The highest BCUT2D eigenvalue weighted by Crippen LogP contribution is 2.13. The van der Waals surface area contributed by atoms with Gasteiger partial charge in [-0.1, -0.05) is 12.1 Å². The number of pyridine rings is 1. The van der Waals surface area contributed by atoms with Crippen molar-refractivity contribution in [2.24, 2.45) is 0 Å². The van der Waals surface area contributed by atoms with Gasteiger partial charge >= 0.3 is 0 Å². The Morgan fingerprint density at radius 2 is 1.52 bits per heavy atom. The third-order valence-electron chi connectivity index (χ3n) is 3.50. The Morgan fingerprint density at radius 1 is 0.880 bits per heavy atom. The van der Waals surface area contributed by atoms with Crippen molar-refractivity contribution in [3.05, 3.63) is 89.8 Å². The van der Waals surface area contributed by atoms with Gasteiger partial charge in [0.2, 0.25) is 0 Å². The van der Waals surface area contributed by atoms with Crippen LogP contribution in [0.4, 0.5) is 20.2 Å². The molecule has 3 aromatic rings. The molecule has 0 radical (unpaired) electrons. The molecule has 0 atom stereocenters. The lowest BCUT2D eigenvalue weighted by molar-refractivity contribution is 0.102. The lowest BCUT2D eigenvalue weighted by Crippen LogP contribution is -2.14. The molecule has 2 N–H and O–H groups in total. The zero-order valence-electron chi connectivity index (χ0n) is 13.2. The molecule has 0 fully saturated rings. The number of amides is 1. The molecule has 1 heterocycles. The average Bonchev–Trinajstić information content (AvgIpc) is 2.63. The fraction of sp³-hybridized carbons (Fsp3) is 0.0526. The predicted octanol–water partition coefficient (Wildman–Crippen LogP) is 4.22. The number of carbonyl (C=O) groups is 1. The van der Waals surface area contributed by atoms with E-state index in [9.17, 15) is 13.6 Å². The SMILES string of the molecule is O=C(Nc1ccc(F)cc1)c1cc(NCc2ccc(F)cc2)ccn1. The van der Waals surface area contributed by atoms with Crippen LogP contribution in [-0.4, -0.2) is 10.9 Å². The van der Waals surface area contributed by atoms with E-state index in [1.54, 1.807) is 24.3 Å². The summed E-state index contributed by atoms with van der Waals surface area (Å²) in [7, 11) is 0. The van der Waals surface area contributed by atoms with Crippen molar-refractivity contribution in [1.29, 1.82) is 0 Å². The highest BCUT2D eigenvalue weighted by molar-refractivity contribution is 6.03. The first kappa shape index (κ1) is 16.6. The van der Waals surface area contributed by atoms with Crippen LogP contribution in [0.15, 0.2) is 66.9 Å². The Bertz CT molecular complexity index is 865. The number of carbonyl (C=O) groups excluding carboxylic acids is 1. The molecule has 0 saturated heterocycles. The van der Waals surface area contributed by atoms with Crippen molar-refractivity contribution < 1.29 is 13.6 Å². The summed E-state index contributed by atoms with van der Waals surface area (Å²) in [5.74, 6) is -1.05. The summed E-state index contributed by atoms with van der Waals surface area (Å²) in [6.07, 6.45) is 1.52. The maximum absolute atomic E-state index is 12.9. The van der Waals surface area contributed by atoms with Crippen molar-refractivity contribution in [2.75, 3.05) is 10.6 Å². The number of rotatable bonds is 5. The molecule has 0 saturated carbocycles. The van der Waals surface area contributed by atoms with E-state index in [4.69, 9.17) is 0 Å². The van der Waals surface area contributed by atoms with E-state index in [-0.39, 0.29) is 17.3 Å². The number of anilines is 2. The summed E-state index contributed by atoms with van der Waals surface area (Å²) in [6, 6.07) is 15.0. The van der Waals surface area contributed by atoms with E-state index in [0.29, 0.717) is 17.9 Å². The summed E-state index contributed by atoms with van der Waals surface area (Å²) in [6.45, 7) is 0.489. The van der Waals surface area contributed by atoms with Crippen LogP contribution in [0.1, 0.15) is 16.1 Å². The van der Waals surface area contributed by atoms with E-state index in [1.807, 2.05) is 0 Å². The lowest BCUT2D eigenvalue weighted by Gasteiger charge is -2.09. The molecule has 0 spiro atoms. The summed E-state index contributed by atoms with van der Waals surface area (Å²) in [4.78, 5) is 16.3. The van der Waals surface area contributed by atoms with Gasteiger partial charge in [-0.05, 0) is 54.1 Å². The Hall–Kier alpha value is -3.28. The molecule has 25 heavy (non-hydrogen) atoms. The standard InChI is InChI=1S/C19H15F2N3O/c20-14-3-1-13(2-4-14)12-23-17-9-10-22-18(11-17)19(25)24-16-7-5-15(21)6-8-16/h1-11H,12H2,(H,22,23)(H,24,25). The maximum Gasteiger partial charge on any atom is 0.274 e. The van der Waals surface area contributed by atoms with Crippen LogP contribution in [0, 0.1) is 11.6 Å². The molecule has 0 aliphatic rings. The molecular formula is C19H15F2N3O. The third kappa shape index (κ3) is 4.60. The molecule has 2 aromatic carbocycles. The van der Waals surface area contributed by atoms with Gasteiger partial charge in [-0.25, -0.2) is 8.78 Å². The second-order valence-corrected chi connectivity index (χ2v) is 5.37. The summed E-state index contributed by atoms with van der Waals surface area (Å²) >= 11 is 0. The van der Waals surface area contributed by atoms with Gasteiger partial charge in [0.25, 0.3) is 5.91 Å². The second-order valence-electron chi connectivity index (χ2n) is 5.37. The van der Waals surface area contributed by atoms with Crippen molar-refractivity contribution in [1.82, 2.24) is 4.98 Å². The molecule has 1 amide bonds. The highest BCUT2D eigenvalue weighted by atomic mass is 19.1. The van der Waals surface area contributed by atoms with Gasteiger partial charge in [0.05, 0.1) is 0 Å². The van der Waals surface area contributed by atoms with Gasteiger partial charge in [0, 0.05) is 24.1 Å². The third-order valence-corrected chi connectivity index (χ3v) is 3.50. The largest absolute Gasteiger partial charge is 0.381 e. The van der Waals surface area contributed by atoms with Gasteiger partial charge in [-0.15, -0.1) is 0 Å². The first-order valence-corrected chi connectivity index (χ1v) is 7.61. The number of hydrogen-bond acceptors (Lipinski definition) is 3. The lowest BCUT2D eigenvalue weighted by atomic mass is 10.2. The Kier molecular flexibility index (Phi) is 4.99. The van der Waals surface area contributed by atoms with Gasteiger partial charge < -0.3 is 10.6 Å². The van der Waals surface area contributed by atoms with Crippen LogP contribution < -0.4 is 10.6 Å². The normalized spacial score (nSPS) is 10.3. The van der Waals surface area contributed by atoms with Crippen LogP contribution in [0.3, 0.4) is 0 Å². The highest BCUT2D eigenvalue weighted by Gasteiger charge is 2.08. The van der Waals surface area contributed by atoms with Gasteiger partial charge in [0.1, 0.15) is 17.3 Å². The molecule has 0 aliphatic carbocycles. The number of hydrogen-bond donors (Lipinski definition) is 2. The van der Waals surface area contributed by atoms with Crippen molar-refractivity contribution >= 4 is 17.3 Å². The van der Waals surface area contributed by atoms with E-state index < -0.39 is 5.91 Å². The number of benzene rings is 2. The molecule has 126 valence electrons. The summed E-state index contributed by atoms with van der Waals surface area (Å²) in [5, 5.41) is 5.81. The molecule has 6 heteroatoms. The van der Waals surface area contributed by atoms with Gasteiger partial charge in [-0.2, -0.15) is 0 Å². The second kappa shape index (κ2) is 7.53. The number of halogens is 2. The first-order chi connectivity index (χ1) is 12.1. The average molecular weight is 339 g/mol. The fourth-order valence-electron chi connectivity index (χ4n) is 2.20. The number of nitrogens with zero attached hydrogens (tertiary/aromatic N) is 1. The van der Waals surface area contributed by atoms with Crippen LogP contribution >= 0.6 is 0 Å². The summed E-state index contributed by atoms with van der Waals surface area (Å²) in [5.41, 5.74) is 2.34. The number of nitrogens with one attached hydrogen (secondary N) is 2. The monoisotopic (exact) mass is 339 g/mol. The van der Waals surface area contributed by atoms with Crippen molar-refractivity contribution in [3.8, 4) is 0 Å². The molecule has 0 aliphatic heterocycles. The molecule has 0 unspecified atom stereocenters. The van der Waals surface area contributed by atoms with E-state index in [1.165, 1.54) is 42.6 Å². The van der Waals surface area contributed by atoms with Crippen LogP contribution in [0.2, 0.25) is 0 Å². The minimum Gasteiger partial charge on any atom is -0.381 e. The first-order valence-electron chi connectivity index (χ1n) is 7.61. The molecule has 0 bridgehead atoms. The van der Waals surface area contributed by atoms with Crippen LogP contribution in [0.25, 0.3) is 0 Å². The minimum atomic E-state index is -0.392. The van der Waals surface area contributed by atoms with Crippen molar-refractivity contribution in [2.45, 2.75) is 6.54 Å². The zero-order valence-corrected chi connectivity index (χ0v) is 13.2. The van der Waals surface area contributed by atoms with Crippen LogP contribution in [0.5, 0.6) is 0 Å². The quantitative estimate of drug-likeness (QED) is 0.732. The molecule has 3 rings (SSSR count). The predicted molar refractivity (Wildman–Crippen MR) is 92.3 cm³/mol. The zero-order chi connectivity index (χ0) is 17.6. The van der Waals surface area contributed by atoms with E-state index in [0.717, 1.165) is 5.56 Å². The topological polar surface area (TPSA) is 54.0 Å². The molecular weight excluding hydrogens is 324 g/mol. The molecule has 4 nitrogen and oxygen atoms in total. The van der Waals surface area contributed by atoms with E-state index in [2.05, 4.69) is 15.6 Å². The van der Waals surface area contributed by atoms with Crippen molar-refractivity contribution in [3.63, 3.8) is 0 Å². The Labute approximate surface area is 143 Å². The van der Waals surface area contributed by atoms with Gasteiger partial charge in [0.15, 0.2) is 0 Å². The van der Waals surface area contributed by atoms with Crippen LogP contribution in [-0.2, 0) is 6.54 Å². The van der Waals surface area contributed by atoms with E-state index >= 15 is 0 Å². The molecule has 1 aromatic heterocycles. The Balaban J connectivity index is 1.64. The smallest absolute Gasteiger partial charge is 0.274 e. The Morgan fingerprint density at radius 3 is 2.20 bits per heavy atom.